The van der Waals surface area contributed by atoms with Crippen LogP contribution < -0.4 is 5.32 Å². The maximum atomic E-state index is 13.3. The van der Waals surface area contributed by atoms with Crippen LogP contribution in [0.2, 0.25) is 0 Å². The van der Waals surface area contributed by atoms with E-state index in [1.54, 1.807) is 0 Å². The first kappa shape index (κ1) is 20.0. The van der Waals surface area contributed by atoms with Gasteiger partial charge in [-0.3, -0.25) is 9.69 Å². The second kappa shape index (κ2) is 8.99. The van der Waals surface area contributed by atoms with E-state index in [0.717, 1.165) is 12.5 Å². The van der Waals surface area contributed by atoms with Crippen LogP contribution in [0.5, 0.6) is 0 Å². The Morgan fingerprint density at radius 1 is 1.04 bits per heavy atom. The quantitative estimate of drug-likeness (QED) is 0.641. The van der Waals surface area contributed by atoms with Gasteiger partial charge in [-0.25, -0.2) is 8.78 Å². The Morgan fingerprint density at radius 3 is 2.43 bits per heavy atom. The molecule has 8 heteroatoms. The number of nitrogens with zero attached hydrogens (tertiary/aromatic N) is 3. The highest BCUT2D eigenvalue weighted by molar-refractivity contribution is 7.13. The monoisotopic (exact) mass is 402 g/mol. The molecule has 5 nitrogen and oxygen atoms in total. The third-order valence-corrected chi connectivity index (χ3v) is 5.03. The molecule has 1 N–H and O–H groups in total. The minimum absolute atomic E-state index is 0.274. The molecule has 146 valence electrons. The molecule has 0 aliphatic carbocycles. The van der Waals surface area contributed by atoms with Crippen molar-refractivity contribution < 1.29 is 13.6 Å². The molecule has 0 spiro atoms. The molecule has 0 radical (unpaired) electrons. The molecule has 28 heavy (non-hydrogen) atoms. The van der Waals surface area contributed by atoms with Crippen molar-refractivity contribution in [3.8, 4) is 0 Å². The summed E-state index contributed by atoms with van der Waals surface area (Å²) in [5.41, 5.74) is 2.55. The van der Waals surface area contributed by atoms with Gasteiger partial charge in [0, 0.05) is 12.2 Å². The van der Waals surface area contributed by atoms with E-state index in [9.17, 15) is 13.6 Å². The molecule has 0 fully saturated rings. The number of carbonyl (C=O) groups is 1. The summed E-state index contributed by atoms with van der Waals surface area (Å²) in [6.07, 6.45) is 0.937. The Bertz CT molecular complexity index is 959. The van der Waals surface area contributed by atoms with Crippen LogP contribution in [0, 0.1) is 11.6 Å². The number of hydrogen-bond donors (Lipinski definition) is 1. The van der Waals surface area contributed by atoms with Crippen LogP contribution in [-0.4, -0.2) is 28.1 Å². The van der Waals surface area contributed by atoms with Crippen molar-refractivity contribution in [2.75, 3.05) is 12.4 Å². The summed E-state index contributed by atoms with van der Waals surface area (Å²) in [6.45, 7) is 2.93. The molecule has 3 aromatic rings. The van der Waals surface area contributed by atoms with E-state index in [2.05, 4.69) is 22.4 Å². The molecule has 0 aliphatic rings. The maximum absolute atomic E-state index is 13.3. The molecule has 1 aromatic heterocycles. The highest BCUT2D eigenvalue weighted by Gasteiger charge is 2.15. The predicted octanol–water partition coefficient (Wildman–Crippen LogP) is 4.26. The fourth-order valence-corrected chi connectivity index (χ4v) is 3.47. The highest BCUT2D eigenvalue weighted by atomic mass is 32.1. The summed E-state index contributed by atoms with van der Waals surface area (Å²) in [5.74, 6) is -2.04. The molecule has 2 aromatic carbocycles. The van der Waals surface area contributed by atoms with Gasteiger partial charge in [-0.1, -0.05) is 36.5 Å². The van der Waals surface area contributed by atoms with E-state index in [-0.39, 0.29) is 10.9 Å². The van der Waals surface area contributed by atoms with Crippen LogP contribution in [0.3, 0.4) is 0 Å². The lowest BCUT2D eigenvalue weighted by Gasteiger charge is -2.14. The number of carbonyl (C=O) groups excluding carboxylic acids is 1. The lowest BCUT2D eigenvalue weighted by atomic mass is 10.1. The predicted molar refractivity (Wildman–Crippen MR) is 105 cm³/mol. The molecular formula is C20H20F2N4OS. The first-order valence-corrected chi connectivity index (χ1v) is 9.61. The Kier molecular flexibility index (Phi) is 6.43. The highest BCUT2D eigenvalue weighted by Crippen LogP contribution is 2.17. The Balaban J connectivity index is 1.57. The number of anilines is 1. The van der Waals surface area contributed by atoms with Crippen molar-refractivity contribution in [3.05, 3.63) is 75.2 Å². The summed E-state index contributed by atoms with van der Waals surface area (Å²) in [4.78, 5) is 14.2. The fourth-order valence-electron chi connectivity index (χ4n) is 2.65. The number of rotatable bonds is 7. The van der Waals surface area contributed by atoms with E-state index in [1.807, 2.05) is 36.2 Å². The summed E-state index contributed by atoms with van der Waals surface area (Å²) >= 11 is 1.20. The van der Waals surface area contributed by atoms with Crippen LogP contribution in [0.25, 0.3) is 0 Å². The molecule has 0 saturated carbocycles. The number of benzene rings is 2. The van der Waals surface area contributed by atoms with E-state index < -0.39 is 11.6 Å². The van der Waals surface area contributed by atoms with Crippen LogP contribution in [0.4, 0.5) is 14.5 Å². The average Bonchev–Trinajstić information content (AvgIpc) is 3.14. The Morgan fingerprint density at radius 2 is 1.75 bits per heavy atom. The largest absolute Gasteiger partial charge is 0.320 e. The molecule has 0 atom stereocenters. The van der Waals surface area contributed by atoms with Crippen molar-refractivity contribution in [3.63, 3.8) is 0 Å². The summed E-state index contributed by atoms with van der Waals surface area (Å²) in [6, 6.07) is 11.5. The third-order valence-electron chi connectivity index (χ3n) is 4.12. The van der Waals surface area contributed by atoms with Crippen molar-refractivity contribution in [2.24, 2.45) is 0 Å². The van der Waals surface area contributed by atoms with E-state index >= 15 is 0 Å². The third kappa shape index (κ3) is 5.17. The molecule has 0 saturated heterocycles. The number of aromatic nitrogens is 2. The second-order valence-corrected chi connectivity index (χ2v) is 7.49. The molecule has 1 amide bonds. The second-order valence-electron chi connectivity index (χ2n) is 6.43. The van der Waals surface area contributed by atoms with Crippen molar-refractivity contribution in [1.29, 1.82) is 0 Å². The number of nitrogens with one attached hydrogen (secondary N) is 1. The standard InChI is InChI=1S/C20H20F2N4OS/c1-3-13-4-7-15(8-5-13)23-19(27)20-25-24-18(28-20)12-26(2)11-14-6-9-16(21)17(22)10-14/h4-10H,3,11-12H2,1-2H3,(H,23,27). The zero-order chi connectivity index (χ0) is 20.1. The summed E-state index contributed by atoms with van der Waals surface area (Å²) < 4.78 is 26.3. The topological polar surface area (TPSA) is 58.1 Å². The minimum Gasteiger partial charge on any atom is -0.320 e. The number of aryl methyl sites for hydroxylation is 1. The lowest BCUT2D eigenvalue weighted by Crippen LogP contribution is -2.17. The zero-order valence-corrected chi connectivity index (χ0v) is 16.4. The average molecular weight is 402 g/mol. The minimum atomic E-state index is -0.868. The summed E-state index contributed by atoms with van der Waals surface area (Å²) in [5, 5.41) is 11.7. The van der Waals surface area contributed by atoms with Gasteiger partial charge in [-0.15, -0.1) is 10.2 Å². The van der Waals surface area contributed by atoms with E-state index in [0.29, 0.717) is 29.3 Å². The van der Waals surface area contributed by atoms with Crippen molar-refractivity contribution >= 4 is 22.9 Å². The van der Waals surface area contributed by atoms with Gasteiger partial charge in [-0.2, -0.15) is 0 Å². The smallest absolute Gasteiger partial charge is 0.286 e. The Hall–Kier alpha value is -2.71. The first-order chi connectivity index (χ1) is 13.4. The maximum Gasteiger partial charge on any atom is 0.286 e. The number of hydrogen-bond acceptors (Lipinski definition) is 5. The van der Waals surface area contributed by atoms with Crippen LogP contribution in [0.15, 0.2) is 42.5 Å². The van der Waals surface area contributed by atoms with E-state index in [4.69, 9.17) is 0 Å². The lowest BCUT2D eigenvalue weighted by molar-refractivity contribution is 0.102. The molecule has 3 rings (SSSR count). The van der Waals surface area contributed by atoms with E-state index in [1.165, 1.54) is 29.0 Å². The van der Waals surface area contributed by atoms with Gasteiger partial charge in [0.2, 0.25) is 5.01 Å². The molecule has 0 aliphatic heterocycles. The normalized spacial score (nSPS) is 11.0. The van der Waals surface area contributed by atoms with Gasteiger partial charge in [0.05, 0.1) is 6.54 Å². The Labute approximate surface area is 166 Å². The van der Waals surface area contributed by atoms with Crippen LogP contribution in [0.1, 0.15) is 32.9 Å². The molecular weight excluding hydrogens is 382 g/mol. The SMILES string of the molecule is CCc1ccc(NC(=O)c2nnc(CN(C)Cc3ccc(F)c(F)c3)s2)cc1. The van der Waals surface area contributed by atoms with Gasteiger partial charge in [0.25, 0.3) is 5.91 Å². The number of amides is 1. The van der Waals surface area contributed by atoms with Crippen LogP contribution in [-0.2, 0) is 19.5 Å². The van der Waals surface area contributed by atoms with Gasteiger partial charge < -0.3 is 5.32 Å². The van der Waals surface area contributed by atoms with Gasteiger partial charge >= 0.3 is 0 Å². The first-order valence-electron chi connectivity index (χ1n) is 8.79. The fraction of sp³-hybridized carbons (Fsp3) is 0.250. The molecule has 0 bridgehead atoms. The van der Waals surface area contributed by atoms with Gasteiger partial charge in [0.1, 0.15) is 5.01 Å². The van der Waals surface area contributed by atoms with Crippen molar-refractivity contribution in [2.45, 2.75) is 26.4 Å². The molecule has 0 unspecified atom stereocenters. The zero-order valence-electron chi connectivity index (χ0n) is 15.6. The number of halogens is 2. The molecule has 1 heterocycles. The van der Waals surface area contributed by atoms with Gasteiger partial charge in [0.15, 0.2) is 11.6 Å². The van der Waals surface area contributed by atoms with Crippen molar-refractivity contribution in [1.82, 2.24) is 15.1 Å². The summed E-state index contributed by atoms with van der Waals surface area (Å²) in [7, 11) is 1.83. The van der Waals surface area contributed by atoms with Crippen LogP contribution >= 0.6 is 11.3 Å². The van der Waals surface area contributed by atoms with Gasteiger partial charge in [-0.05, 0) is 48.9 Å².